The monoisotopic (exact) mass is 208 g/mol. The standard InChI is InChI=1S/C12H16OS/c1-12(13,9-7-8-9)10-5-3-4-6-11(10)14-2/h3-6,9,13H,7-8H2,1-2H3/t12-/m0/s1. The molecule has 0 radical (unpaired) electrons. The first-order valence-electron chi connectivity index (χ1n) is 5.02. The Morgan fingerprint density at radius 1 is 1.36 bits per heavy atom. The fourth-order valence-electron chi connectivity index (χ4n) is 1.93. The highest BCUT2D eigenvalue weighted by atomic mass is 32.2. The van der Waals surface area contributed by atoms with Crippen molar-refractivity contribution in [2.24, 2.45) is 5.92 Å². The van der Waals surface area contributed by atoms with Gasteiger partial charge < -0.3 is 5.11 Å². The minimum atomic E-state index is -0.625. The van der Waals surface area contributed by atoms with Gasteiger partial charge in [-0.2, -0.15) is 0 Å². The van der Waals surface area contributed by atoms with Crippen LogP contribution in [0.3, 0.4) is 0 Å². The Kier molecular flexibility index (Phi) is 2.58. The molecule has 1 aromatic rings. The quantitative estimate of drug-likeness (QED) is 0.770. The molecule has 1 saturated carbocycles. The lowest BCUT2D eigenvalue weighted by Gasteiger charge is -2.25. The first-order chi connectivity index (χ1) is 6.66. The highest BCUT2D eigenvalue weighted by molar-refractivity contribution is 7.98. The van der Waals surface area contributed by atoms with Crippen LogP contribution < -0.4 is 0 Å². The summed E-state index contributed by atoms with van der Waals surface area (Å²) < 4.78 is 0. The minimum Gasteiger partial charge on any atom is -0.385 e. The zero-order chi connectivity index (χ0) is 10.2. The highest BCUT2D eigenvalue weighted by Gasteiger charge is 2.42. The van der Waals surface area contributed by atoms with Crippen LogP contribution in [0.15, 0.2) is 29.2 Å². The molecule has 0 spiro atoms. The third-order valence-electron chi connectivity index (χ3n) is 3.02. The van der Waals surface area contributed by atoms with Crippen molar-refractivity contribution in [2.45, 2.75) is 30.3 Å². The Labute approximate surface area is 89.5 Å². The van der Waals surface area contributed by atoms with Gasteiger partial charge in [0, 0.05) is 4.90 Å². The first-order valence-corrected chi connectivity index (χ1v) is 6.24. The normalized spacial score (nSPS) is 20.5. The molecule has 1 aliphatic carbocycles. The largest absolute Gasteiger partial charge is 0.385 e. The van der Waals surface area contributed by atoms with E-state index in [0.717, 1.165) is 18.4 Å². The molecule has 0 saturated heterocycles. The van der Waals surface area contributed by atoms with Gasteiger partial charge in [0.05, 0.1) is 5.60 Å². The van der Waals surface area contributed by atoms with E-state index in [2.05, 4.69) is 12.3 Å². The molecule has 0 aliphatic heterocycles. The number of thioether (sulfide) groups is 1. The molecule has 0 aromatic heterocycles. The summed E-state index contributed by atoms with van der Waals surface area (Å²) in [6, 6.07) is 8.16. The van der Waals surface area contributed by atoms with E-state index in [4.69, 9.17) is 0 Å². The number of aliphatic hydroxyl groups is 1. The van der Waals surface area contributed by atoms with Crippen molar-refractivity contribution in [1.82, 2.24) is 0 Å². The molecule has 2 rings (SSSR count). The van der Waals surface area contributed by atoms with Gasteiger partial charge >= 0.3 is 0 Å². The smallest absolute Gasteiger partial charge is 0.0907 e. The minimum absolute atomic E-state index is 0.468. The van der Waals surface area contributed by atoms with Gasteiger partial charge in [0.15, 0.2) is 0 Å². The summed E-state index contributed by atoms with van der Waals surface area (Å²) in [5, 5.41) is 10.4. The van der Waals surface area contributed by atoms with Crippen LogP contribution in [0, 0.1) is 5.92 Å². The zero-order valence-electron chi connectivity index (χ0n) is 8.66. The molecule has 1 N–H and O–H groups in total. The molecule has 0 amide bonds. The molecule has 14 heavy (non-hydrogen) atoms. The SMILES string of the molecule is CSc1ccccc1[C@@](C)(O)C1CC1. The maximum absolute atomic E-state index is 10.4. The van der Waals surface area contributed by atoms with Gasteiger partial charge in [-0.25, -0.2) is 0 Å². The fourth-order valence-corrected chi connectivity index (χ4v) is 2.64. The Morgan fingerprint density at radius 3 is 2.57 bits per heavy atom. The molecule has 0 unspecified atom stereocenters. The van der Waals surface area contributed by atoms with Crippen molar-refractivity contribution in [3.63, 3.8) is 0 Å². The van der Waals surface area contributed by atoms with E-state index in [1.807, 2.05) is 25.1 Å². The molecule has 76 valence electrons. The van der Waals surface area contributed by atoms with E-state index in [0.29, 0.717) is 5.92 Å². The lowest BCUT2D eigenvalue weighted by atomic mass is 9.91. The average Bonchev–Trinajstić information content (AvgIpc) is 3.01. The van der Waals surface area contributed by atoms with Crippen LogP contribution in [0.25, 0.3) is 0 Å². The van der Waals surface area contributed by atoms with Crippen molar-refractivity contribution in [3.05, 3.63) is 29.8 Å². The Morgan fingerprint density at radius 2 is 2.00 bits per heavy atom. The summed E-state index contributed by atoms with van der Waals surface area (Å²) in [6.45, 7) is 1.94. The van der Waals surface area contributed by atoms with E-state index in [1.54, 1.807) is 11.8 Å². The Bertz CT molecular complexity index is 329. The summed E-state index contributed by atoms with van der Waals surface area (Å²) >= 11 is 1.71. The molecule has 1 fully saturated rings. The van der Waals surface area contributed by atoms with Crippen LogP contribution in [0.5, 0.6) is 0 Å². The average molecular weight is 208 g/mol. The molecule has 1 nitrogen and oxygen atoms in total. The van der Waals surface area contributed by atoms with E-state index in [-0.39, 0.29) is 0 Å². The number of benzene rings is 1. The molecular weight excluding hydrogens is 192 g/mol. The van der Waals surface area contributed by atoms with Crippen LogP contribution >= 0.6 is 11.8 Å². The molecule has 1 aliphatic rings. The molecule has 1 atom stereocenters. The lowest BCUT2D eigenvalue weighted by molar-refractivity contribution is 0.0304. The summed E-state index contributed by atoms with van der Waals surface area (Å²) in [6.07, 6.45) is 4.38. The van der Waals surface area contributed by atoms with Gasteiger partial charge in [-0.1, -0.05) is 18.2 Å². The molecule has 2 heteroatoms. The van der Waals surface area contributed by atoms with E-state index in [9.17, 15) is 5.11 Å². The van der Waals surface area contributed by atoms with Crippen LogP contribution in [0.1, 0.15) is 25.3 Å². The highest BCUT2D eigenvalue weighted by Crippen LogP contribution is 2.47. The second-order valence-electron chi connectivity index (χ2n) is 4.12. The first kappa shape index (κ1) is 10.1. The van der Waals surface area contributed by atoms with Crippen molar-refractivity contribution in [1.29, 1.82) is 0 Å². The number of hydrogen-bond acceptors (Lipinski definition) is 2. The van der Waals surface area contributed by atoms with E-state index < -0.39 is 5.60 Å². The van der Waals surface area contributed by atoms with Crippen LogP contribution in [-0.4, -0.2) is 11.4 Å². The zero-order valence-corrected chi connectivity index (χ0v) is 9.47. The summed E-state index contributed by atoms with van der Waals surface area (Å²) in [5.41, 5.74) is 0.467. The van der Waals surface area contributed by atoms with Crippen LogP contribution in [0.2, 0.25) is 0 Å². The van der Waals surface area contributed by atoms with Gasteiger partial charge in [-0.15, -0.1) is 11.8 Å². The molecule has 0 bridgehead atoms. The van der Waals surface area contributed by atoms with Gasteiger partial charge in [0.2, 0.25) is 0 Å². The molecular formula is C12H16OS. The van der Waals surface area contributed by atoms with Gasteiger partial charge in [-0.3, -0.25) is 0 Å². The van der Waals surface area contributed by atoms with Crippen LogP contribution in [-0.2, 0) is 5.60 Å². The Balaban J connectivity index is 2.38. The van der Waals surface area contributed by atoms with Gasteiger partial charge in [-0.05, 0) is 43.6 Å². The summed E-state index contributed by atoms with van der Waals surface area (Å²) in [5.74, 6) is 0.468. The van der Waals surface area contributed by atoms with Crippen LogP contribution in [0.4, 0.5) is 0 Å². The van der Waals surface area contributed by atoms with Gasteiger partial charge in [0.25, 0.3) is 0 Å². The fraction of sp³-hybridized carbons (Fsp3) is 0.500. The number of rotatable bonds is 3. The molecule has 1 aromatic carbocycles. The van der Waals surface area contributed by atoms with Crippen molar-refractivity contribution >= 4 is 11.8 Å². The van der Waals surface area contributed by atoms with E-state index in [1.165, 1.54) is 4.90 Å². The maximum atomic E-state index is 10.4. The Hall–Kier alpha value is -0.470. The lowest BCUT2D eigenvalue weighted by Crippen LogP contribution is -2.24. The third-order valence-corrected chi connectivity index (χ3v) is 3.82. The van der Waals surface area contributed by atoms with Gasteiger partial charge in [0.1, 0.15) is 0 Å². The topological polar surface area (TPSA) is 20.2 Å². The second-order valence-corrected chi connectivity index (χ2v) is 4.97. The molecule has 0 heterocycles. The summed E-state index contributed by atoms with van der Waals surface area (Å²) in [4.78, 5) is 1.20. The predicted octanol–water partition coefficient (Wildman–Crippen LogP) is 3.03. The van der Waals surface area contributed by atoms with Crippen molar-refractivity contribution in [3.8, 4) is 0 Å². The second kappa shape index (κ2) is 3.59. The third kappa shape index (κ3) is 1.69. The van der Waals surface area contributed by atoms with Crippen molar-refractivity contribution in [2.75, 3.05) is 6.26 Å². The predicted molar refractivity (Wildman–Crippen MR) is 60.5 cm³/mol. The number of hydrogen-bond donors (Lipinski definition) is 1. The maximum Gasteiger partial charge on any atom is 0.0907 e. The van der Waals surface area contributed by atoms with E-state index >= 15 is 0 Å². The summed E-state index contributed by atoms with van der Waals surface area (Å²) in [7, 11) is 0. The van der Waals surface area contributed by atoms with Crippen molar-refractivity contribution < 1.29 is 5.11 Å².